The third kappa shape index (κ3) is 3.20. The Bertz CT molecular complexity index is 416. The van der Waals surface area contributed by atoms with Crippen molar-refractivity contribution in [3.05, 3.63) is 28.2 Å². The van der Waals surface area contributed by atoms with Crippen molar-refractivity contribution in [3.63, 3.8) is 0 Å². The highest BCUT2D eigenvalue weighted by Crippen LogP contribution is 2.17. The Morgan fingerprint density at radius 1 is 1.53 bits per heavy atom. The number of hydrogen-bond acceptors (Lipinski definition) is 3. The molecule has 0 spiro atoms. The number of likely N-dealkylation sites (N-methyl/N-ethyl adjacent to an activating group) is 1. The number of halogens is 1. The van der Waals surface area contributed by atoms with Crippen molar-refractivity contribution >= 4 is 27.5 Å². The number of carbonyl (C=O) groups is 1. The molecule has 3 N–H and O–H groups in total. The lowest BCUT2D eigenvalue weighted by molar-refractivity contribution is 0.0938. The third-order valence-corrected chi connectivity index (χ3v) is 3.37. The van der Waals surface area contributed by atoms with Gasteiger partial charge in [-0.1, -0.05) is 15.9 Å². The third-order valence-electron chi connectivity index (χ3n) is 2.91. The molecule has 1 aromatic rings. The van der Waals surface area contributed by atoms with Crippen LogP contribution in [0.15, 0.2) is 22.7 Å². The summed E-state index contributed by atoms with van der Waals surface area (Å²) in [5.74, 6) is -0.0571. The number of nitrogens with zero attached hydrogens (tertiary/aromatic N) is 1. The zero-order chi connectivity index (χ0) is 12.4. The fourth-order valence-electron chi connectivity index (χ4n) is 2.06. The Balaban J connectivity index is 2.04. The molecule has 1 saturated heterocycles. The van der Waals surface area contributed by atoms with Crippen molar-refractivity contribution in [2.24, 2.45) is 0 Å². The molecule has 1 aliphatic heterocycles. The van der Waals surface area contributed by atoms with Gasteiger partial charge in [0.1, 0.15) is 0 Å². The predicted octanol–water partition coefficient (Wildman–Crippen LogP) is 1.47. The van der Waals surface area contributed by atoms with E-state index in [1.165, 1.54) is 0 Å². The van der Waals surface area contributed by atoms with E-state index in [-0.39, 0.29) is 11.9 Å². The Kier molecular flexibility index (Phi) is 3.69. The minimum atomic E-state index is -0.0571. The van der Waals surface area contributed by atoms with Gasteiger partial charge < -0.3 is 16.0 Å². The summed E-state index contributed by atoms with van der Waals surface area (Å²) in [6, 6.07) is 5.50. The number of hydrogen-bond donors (Lipinski definition) is 2. The van der Waals surface area contributed by atoms with Crippen molar-refractivity contribution in [2.45, 2.75) is 12.5 Å². The number of amides is 1. The first-order valence-electron chi connectivity index (χ1n) is 5.60. The van der Waals surface area contributed by atoms with Gasteiger partial charge in [-0.25, -0.2) is 0 Å². The number of benzene rings is 1. The largest absolute Gasteiger partial charge is 0.399 e. The van der Waals surface area contributed by atoms with Crippen LogP contribution >= 0.6 is 15.9 Å². The van der Waals surface area contributed by atoms with Gasteiger partial charge in [0, 0.05) is 28.3 Å². The molecule has 0 radical (unpaired) electrons. The minimum Gasteiger partial charge on any atom is -0.399 e. The smallest absolute Gasteiger partial charge is 0.251 e. The van der Waals surface area contributed by atoms with Crippen molar-refractivity contribution in [2.75, 3.05) is 25.9 Å². The average Bonchev–Trinajstić information content (AvgIpc) is 2.62. The molecular formula is C12H16BrN3O. The van der Waals surface area contributed by atoms with Crippen molar-refractivity contribution in [1.29, 1.82) is 0 Å². The van der Waals surface area contributed by atoms with Gasteiger partial charge in [-0.05, 0) is 38.2 Å². The van der Waals surface area contributed by atoms with E-state index in [9.17, 15) is 4.79 Å². The topological polar surface area (TPSA) is 58.4 Å². The minimum absolute atomic E-state index is 0.0571. The summed E-state index contributed by atoms with van der Waals surface area (Å²) < 4.78 is 0.825. The second-order valence-electron chi connectivity index (χ2n) is 4.49. The van der Waals surface area contributed by atoms with E-state index in [0.29, 0.717) is 11.3 Å². The number of nitrogens with one attached hydrogen (secondary N) is 1. The van der Waals surface area contributed by atoms with Crippen molar-refractivity contribution < 1.29 is 4.79 Å². The molecule has 5 heteroatoms. The SMILES string of the molecule is CN1CCC(NC(=O)c2cc(N)cc(Br)c2)C1. The summed E-state index contributed by atoms with van der Waals surface area (Å²) in [5, 5.41) is 3.02. The first kappa shape index (κ1) is 12.4. The highest BCUT2D eigenvalue weighted by molar-refractivity contribution is 9.10. The van der Waals surface area contributed by atoms with E-state index in [1.807, 2.05) is 0 Å². The number of rotatable bonds is 2. The van der Waals surface area contributed by atoms with Gasteiger partial charge in [-0.2, -0.15) is 0 Å². The Hall–Kier alpha value is -1.07. The van der Waals surface area contributed by atoms with Crippen LogP contribution in [0.5, 0.6) is 0 Å². The zero-order valence-electron chi connectivity index (χ0n) is 9.74. The van der Waals surface area contributed by atoms with Gasteiger partial charge in [-0.15, -0.1) is 0 Å². The molecule has 4 nitrogen and oxygen atoms in total. The first-order valence-corrected chi connectivity index (χ1v) is 6.39. The maximum Gasteiger partial charge on any atom is 0.251 e. The summed E-state index contributed by atoms with van der Waals surface area (Å²) in [7, 11) is 2.06. The maximum atomic E-state index is 12.0. The molecule has 1 aliphatic rings. The van der Waals surface area contributed by atoms with Crippen molar-refractivity contribution in [3.8, 4) is 0 Å². The quantitative estimate of drug-likeness (QED) is 0.813. The van der Waals surface area contributed by atoms with E-state index in [0.717, 1.165) is 24.0 Å². The standard InChI is InChI=1S/C12H16BrN3O/c1-16-3-2-11(7-16)15-12(17)8-4-9(13)6-10(14)5-8/h4-6,11H,2-3,7,14H2,1H3,(H,15,17). The van der Waals surface area contributed by atoms with E-state index in [1.54, 1.807) is 18.2 Å². The molecule has 17 heavy (non-hydrogen) atoms. The van der Waals surface area contributed by atoms with Gasteiger partial charge >= 0.3 is 0 Å². The summed E-state index contributed by atoms with van der Waals surface area (Å²) in [5.41, 5.74) is 6.90. The van der Waals surface area contributed by atoms with Crippen LogP contribution in [0.1, 0.15) is 16.8 Å². The number of carbonyl (C=O) groups excluding carboxylic acids is 1. The van der Waals surface area contributed by atoms with E-state index in [4.69, 9.17) is 5.73 Å². The van der Waals surface area contributed by atoms with Gasteiger partial charge in [0.2, 0.25) is 0 Å². The highest BCUT2D eigenvalue weighted by atomic mass is 79.9. The van der Waals surface area contributed by atoms with E-state index >= 15 is 0 Å². The van der Waals surface area contributed by atoms with Crippen LogP contribution in [-0.2, 0) is 0 Å². The molecule has 0 saturated carbocycles. The molecule has 1 aromatic carbocycles. The van der Waals surface area contributed by atoms with Gasteiger partial charge in [0.05, 0.1) is 0 Å². The first-order chi connectivity index (χ1) is 8.04. The fraction of sp³-hybridized carbons (Fsp3) is 0.417. The highest BCUT2D eigenvalue weighted by Gasteiger charge is 2.21. The lowest BCUT2D eigenvalue weighted by Crippen LogP contribution is -2.36. The van der Waals surface area contributed by atoms with Crippen LogP contribution in [0.2, 0.25) is 0 Å². The molecule has 0 aliphatic carbocycles. The van der Waals surface area contributed by atoms with Crippen LogP contribution in [0.4, 0.5) is 5.69 Å². The molecule has 92 valence electrons. The Labute approximate surface area is 109 Å². The predicted molar refractivity (Wildman–Crippen MR) is 71.9 cm³/mol. The van der Waals surface area contributed by atoms with E-state index in [2.05, 4.69) is 33.2 Å². The molecule has 1 atom stereocenters. The summed E-state index contributed by atoms with van der Waals surface area (Å²) in [6.45, 7) is 1.95. The number of nitrogen functional groups attached to an aromatic ring is 1. The lowest BCUT2D eigenvalue weighted by atomic mass is 10.1. The molecule has 1 unspecified atom stereocenters. The molecule has 0 bridgehead atoms. The molecular weight excluding hydrogens is 282 g/mol. The molecule has 0 aromatic heterocycles. The summed E-state index contributed by atoms with van der Waals surface area (Å²) >= 11 is 3.34. The fourth-order valence-corrected chi connectivity index (χ4v) is 2.58. The van der Waals surface area contributed by atoms with Crippen LogP contribution in [0, 0.1) is 0 Å². The van der Waals surface area contributed by atoms with Crippen molar-refractivity contribution in [1.82, 2.24) is 10.2 Å². The number of likely N-dealkylation sites (tertiary alicyclic amines) is 1. The Morgan fingerprint density at radius 3 is 2.88 bits per heavy atom. The maximum absolute atomic E-state index is 12.0. The van der Waals surface area contributed by atoms with Gasteiger partial charge in [-0.3, -0.25) is 4.79 Å². The average molecular weight is 298 g/mol. The second-order valence-corrected chi connectivity index (χ2v) is 5.41. The zero-order valence-corrected chi connectivity index (χ0v) is 11.3. The van der Waals surface area contributed by atoms with Crippen LogP contribution in [0.3, 0.4) is 0 Å². The van der Waals surface area contributed by atoms with Crippen LogP contribution in [-0.4, -0.2) is 37.0 Å². The second kappa shape index (κ2) is 5.06. The number of nitrogens with two attached hydrogens (primary N) is 1. The van der Waals surface area contributed by atoms with Gasteiger partial charge in [0.25, 0.3) is 5.91 Å². The summed E-state index contributed by atoms with van der Waals surface area (Å²) in [6.07, 6.45) is 1.01. The molecule has 2 rings (SSSR count). The van der Waals surface area contributed by atoms with Gasteiger partial charge in [0.15, 0.2) is 0 Å². The monoisotopic (exact) mass is 297 g/mol. The molecule has 1 amide bonds. The summed E-state index contributed by atoms with van der Waals surface area (Å²) in [4.78, 5) is 14.2. The van der Waals surface area contributed by atoms with Crippen LogP contribution in [0.25, 0.3) is 0 Å². The number of anilines is 1. The molecule has 1 heterocycles. The lowest BCUT2D eigenvalue weighted by Gasteiger charge is -2.13. The Morgan fingerprint density at radius 2 is 2.29 bits per heavy atom. The molecule has 1 fully saturated rings. The van der Waals surface area contributed by atoms with E-state index < -0.39 is 0 Å². The normalized spacial score (nSPS) is 20.5. The van der Waals surface area contributed by atoms with Crippen LogP contribution < -0.4 is 11.1 Å².